The Morgan fingerprint density at radius 2 is 0.833 bits per heavy atom. The lowest BCUT2D eigenvalue weighted by molar-refractivity contribution is -0.140. The summed E-state index contributed by atoms with van der Waals surface area (Å²) in [5, 5.41) is 0. The van der Waals surface area contributed by atoms with Crippen molar-refractivity contribution in [1.82, 2.24) is 19.6 Å². The normalized spacial score (nSPS) is 20.1. The summed E-state index contributed by atoms with van der Waals surface area (Å²) in [6, 6.07) is 11.2. The van der Waals surface area contributed by atoms with Gasteiger partial charge in [-0.2, -0.15) is 0 Å². The minimum atomic E-state index is -0.983. The molecule has 0 aromatic heterocycles. The van der Waals surface area contributed by atoms with E-state index in [1.54, 1.807) is 58.3 Å². The number of amides is 6. The van der Waals surface area contributed by atoms with Gasteiger partial charge in [-0.1, -0.05) is 64.8 Å². The zero-order valence-electron chi connectivity index (χ0n) is 28.1. The van der Waals surface area contributed by atoms with E-state index in [2.05, 4.69) is 0 Å². The number of ether oxygens (including phenoxy) is 2. The summed E-state index contributed by atoms with van der Waals surface area (Å²) in [6.07, 6.45) is 1.15. The standard InChI is InChI=1S/C36H44N4O8/c1-5-23(3)29(39-31(41)25-11-7-8-12-26(25)32(39)42)35(45)37-15-19-47-21-17-38(18-22-48-20-16-37)36(46)30(24(4)6-2)40-33(43)27-13-9-10-14-28(27)34(40)44/h7-14,23-24,29-30H,5-6,15-22H2,1-4H3/t23-,24+,29+,30-. The molecule has 12 heteroatoms. The first-order chi connectivity index (χ1) is 23.1. The zero-order chi connectivity index (χ0) is 34.5. The molecule has 0 radical (unpaired) electrons. The predicted molar refractivity (Wildman–Crippen MR) is 175 cm³/mol. The molecule has 0 aliphatic carbocycles. The van der Waals surface area contributed by atoms with Gasteiger partial charge in [0, 0.05) is 26.2 Å². The first-order valence-electron chi connectivity index (χ1n) is 16.8. The van der Waals surface area contributed by atoms with Crippen LogP contribution < -0.4 is 0 Å². The van der Waals surface area contributed by atoms with E-state index >= 15 is 0 Å². The van der Waals surface area contributed by atoms with Crippen LogP contribution in [0.4, 0.5) is 0 Å². The Hall–Kier alpha value is -4.42. The Morgan fingerprint density at radius 3 is 1.08 bits per heavy atom. The molecule has 4 atom stereocenters. The second-order valence-corrected chi connectivity index (χ2v) is 12.6. The van der Waals surface area contributed by atoms with Crippen LogP contribution in [0, 0.1) is 11.8 Å². The van der Waals surface area contributed by atoms with Gasteiger partial charge >= 0.3 is 0 Å². The van der Waals surface area contributed by atoms with Crippen LogP contribution in [0.15, 0.2) is 48.5 Å². The molecule has 1 fully saturated rings. The van der Waals surface area contributed by atoms with Crippen molar-refractivity contribution in [3.63, 3.8) is 0 Å². The molecule has 0 saturated carbocycles. The van der Waals surface area contributed by atoms with E-state index in [4.69, 9.17) is 9.47 Å². The van der Waals surface area contributed by atoms with E-state index < -0.39 is 35.7 Å². The Balaban J connectivity index is 1.26. The monoisotopic (exact) mass is 660 g/mol. The number of nitrogens with zero attached hydrogens (tertiary/aromatic N) is 4. The van der Waals surface area contributed by atoms with Crippen LogP contribution in [-0.2, 0) is 19.1 Å². The lowest BCUT2D eigenvalue weighted by atomic mass is 9.96. The molecule has 2 aromatic carbocycles. The van der Waals surface area contributed by atoms with E-state index in [0.717, 1.165) is 9.80 Å². The van der Waals surface area contributed by atoms with Crippen molar-refractivity contribution >= 4 is 35.4 Å². The third-order valence-electron chi connectivity index (χ3n) is 9.72. The summed E-state index contributed by atoms with van der Waals surface area (Å²) in [5.74, 6) is -3.17. The average Bonchev–Trinajstić information content (AvgIpc) is 3.49. The second kappa shape index (κ2) is 15.2. The van der Waals surface area contributed by atoms with Gasteiger partial charge in [-0.05, 0) is 36.1 Å². The minimum absolute atomic E-state index is 0.149. The third-order valence-corrected chi connectivity index (χ3v) is 9.72. The maximum atomic E-state index is 14.1. The highest BCUT2D eigenvalue weighted by Crippen LogP contribution is 2.31. The summed E-state index contributed by atoms with van der Waals surface area (Å²) >= 11 is 0. The molecule has 6 amide bonds. The van der Waals surface area contributed by atoms with Crippen LogP contribution >= 0.6 is 0 Å². The molecule has 1 saturated heterocycles. The molecule has 0 N–H and O–H groups in total. The maximum absolute atomic E-state index is 14.1. The summed E-state index contributed by atoms with van der Waals surface area (Å²) in [6.45, 7) is 8.91. The van der Waals surface area contributed by atoms with Crippen molar-refractivity contribution < 1.29 is 38.2 Å². The molecule has 3 aliphatic heterocycles. The van der Waals surface area contributed by atoms with Gasteiger partial charge in [-0.15, -0.1) is 0 Å². The van der Waals surface area contributed by atoms with E-state index in [0.29, 0.717) is 35.1 Å². The highest BCUT2D eigenvalue weighted by Gasteiger charge is 2.47. The molecule has 2 aromatic rings. The lowest BCUT2D eigenvalue weighted by Gasteiger charge is -2.36. The molecule has 0 bridgehead atoms. The number of hydrogen-bond acceptors (Lipinski definition) is 8. The van der Waals surface area contributed by atoms with Crippen molar-refractivity contribution in [2.45, 2.75) is 52.6 Å². The molecule has 3 aliphatic rings. The summed E-state index contributed by atoms with van der Waals surface area (Å²) in [4.78, 5) is 86.9. The van der Waals surface area contributed by atoms with Gasteiger partial charge in [-0.3, -0.25) is 38.6 Å². The van der Waals surface area contributed by atoms with E-state index in [9.17, 15) is 28.8 Å². The molecule has 0 unspecified atom stereocenters. The largest absolute Gasteiger partial charge is 0.378 e. The second-order valence-electron chi connectivity index (χ2n) is 12.6. The number of hydrogen-bond donors (Lipinski definition) is 0. The Labute approximate surface area is 280 Å². The van der Waals surface area contributed by atoms with Crippen LogP contribution in [0.3, 0.4) is 0 Å². The number of carbonyl (C=O) groups excluding carboxylic acids is 6. The molecule has 48 heavy (non-hydrogen) atoms. The average molecular weight is 661 g/mol. The van der Waals surface area contributed by atoms with E-state index in [-0.39, 0.29) is 76.3 Å². The summed E-state index contributed by atoms with van der Waals surface area (Å²) in [7, 11) is 0. The SMILES string of the molecule is CC[C@@H](C)[C@@H](C(=O)N1CCOCCN(C(=O)[C@@H]([C@@H](C)CC)N2C(=O)c3ccccc3C2=O)CCOCC1)N1C(=O)c2ccccc2C1=O. The predicted octanol–water partition coefficient (Wildman–Crippen LogP) is 3.11. The topological polar surface area (TPSA) is 134 Å². The first-order valence-corrected chi connectivity index (χ1v) is 16.8. The number of benzene rings is 2. The molecule has 256 valence electrons. The van der Waals surface area contributed by atoms with Crippen LogP contribution in [0.1, 0.15) is 82.0 Å². The minimum Gasteiger partial charge on any atom is -0.378 e. The van der Waals surface area contributed by atoms with Gasteiger partial charge in [0.25, 0.3) is 23.6 Å². The van der Waals surface area contributed by atoms with Crippen LogP contribution in [0.25, 0.3) is 0 Å². The van der Waals surface area contributed by atoms with Gasteiger partial charge in [-0.25, -0.2) is 0 Å². The Kier molecular flexibility index (Phi) is 11.1. The van der Waals surface area contributed by atoms with Crippen molar-refractivity contribution in [3.8, 4) is 0 Å². The molecule has 5 rings (SSSR count). The first kappa shape index (κ1) is 34.9. The number of carbonyl (C=O) groups is 6. The zero-order valence-corrected chi connectivity index (χ0v) is 28.1. The third kappa shape index (κ3) is 6.64. The molecular formula is C36H44N4O8. The van der Waals surface area contributed by atoms with Crippen molar-refractivity contribution in [3.05, 3.63) is 70.8 Å². The smallest absolute Gasteiger partial charge is 0.262 e. The van der Waals surface area contributed by atoms with Gasteiger partial charge in [0.2, 0.25) is 11.8 Å². The highest BCUT2D eigenvalue weighted by atomic mass is 16.5. The quantitative estimate of drug-likeness (QED) is 0.395. The fraction of sp³-hybridized carbons (Fsp3) is 0.500. The number of imide groups is 2. The van der Waals surface area contributed by atoms with Crippen LogP contribution in [-0.4, -0.2) is 120 Å². The molecular weight excluding hydrogens is 616 g/mol. The highest BCUT2D eigenvalue weighted by molar-refractivity contribution is 6.23. The fourth-order valence-electron chi connectivity index (χ4n) is 6.53. The summed E-state index contributed by atoms with van der Waals surface area (Å²) in [5.41, 5.74) is 1.17. The van der Waals surface area contributed by atoms with E-state index in [1.165, 1.54) is 0 Å². The Morgan fingerprint density at radius 1 is 0.562 bits per heavy atom. The van der Waals surface area contributed by atoms with Gasteiger partial charge in [0.1, 0.15) is 12.1 Å². The molecule has 0 spiro atoms. The Bertz CT molecular complexity index is 1380. The van der Waals surface area contributed by atoms with Gasteiger partial charge in [0.05, 0.1) is 48.7 Å². The van der Waals surface area contributed by atoms with Crippen molar-refractivity contribution in [2.24, 2.45) is 11.8 Å². The van der Waals surface area contributed by atoms with Gasteiger partial charge < -0.3 is 19.3 Å². The summed E-state index contributed by atoms with van der Waals surface area (Å²) < 4.78 is 11.8. The number of fused-ring (bicyclic) bond motifs is 2. The van der Waals surface area contributed by atoms with Crippen molar-refractivity contribution in [1.29, 1.82) is 0 Å². The lowest BCUT2D eigenvalue weighted by Crippen LogP contribution is -2.55. The van der Waals surface area contributed by atoms with Crippen molar-refractivity contribution in [2.75, 3.05) is 52.6 Å². The maximum Gasteiger partial charge on any atom is 0.262 e. The molecule has 12 nitrogen and oxygen atoms in total. The number of rotatable bonds is 8. The van der Waals surface area contributed by atoms with Crippen LogP contribution in [0.2, 0.25) is 0 Å². The van der Waals surface area contributed by atoms with Crippen LogP contribution in [0.5, 0.6) is 0 Å². The molecule has 3 heterocycles. The fourth-order valence-corrected chi connectivity index (χ4v) is 6.53. The van der Waals surface area contributed by atoms with E-state index in [1.807, 2.05) is 27.7 Å². The van der Waals surface area contributed by atoms with Gasteiger partial charge in [0.15, 0.2) is 0 Å².